The predicted octanol–water partition coefficient (Wildman–Crippen LogP) is 1.09. The standard InChI is InChI=1S/C5H10NO2PS/c1-9(2,10)6-3-4-8-5(6)7/h3-4H2,1-2H3. The molecule has 0 aliphatic carbocycles. The van der Waals surface area contributed by atoms with Gasteiger partial charge in [-0.25, -0.2) is 4.79 Å². The Hall–Kier alpha value is -0.0800. The Kier molecular flexibility index (Phi) is 2.02. The number of carbonyl (C=O) groups is 1. The van der Waals surface area contributed by atoms with Gasteiger partial charge < -0.3 is 4.74 Å². The van der Waals surface area contributed by atoms with Crippen molar-refractivity contribution in [1.29, 1.82) is 0 Å². The maximum Gasteiger partial charge on any atom is 0.413 e. The molecular weight excluding hydrogens is 169 g/mol. The molecule has 0 radical (unpaired) electrons. The smallest absolute Gasteiger partial charge is 0.413 e. The Morgan fingerprint density at radius 2 is 2.30 bits per heavy atom. The van der Waals surface area contributed by atoms with E-state index in [1.165, 1.54) is 0 Å². The summed E-state index contributed by atoms with van der Waals surface area (Å²) in [6.45, 7) is 5.02. The third-order valence-electron chi connectivity index (χ3n) is 1.32. The van der Waals surface area contributed by atoms with Crippen LogP contribution in [0.1, 0.15) is 0 Å². The molecule has 1 rings (SSSR count). The van der Waals surface area contributed by atoms with E-state index in [2.05, 4.69) is 0 Å². The van der Waals surface area contributed by atoms with E-state index in [4.69, 9.17) is 16.5 Å². The number of hydrogen-bond donors (Lipinski definition) is 0. The first-order valence-corrected chi connectivity index (χ1v) is 6.66. The second-order valence-electron chi connectivity index (χ2n) is 2.53. The normalized spacial score (nSPS) is 19.4. The molecule has 3 nitrogen and oxygen atoms in total. The summed E-state index contributed by atoms with van der Waals surface area (Å²) < 4.78 is 6.40. The molecule has 1 fully saturated rings. The van der Waals surface area contributed by atoms with E-state index in [9.17, 15) is 4.79 Å². The minimum absolute atomic E-state index is 0.242. The number of ether oxygens (including phenoxy) is 1. The lowest BCUT2D eigenvalue weighted by atomic mass is 10.7. The van der Waals surface area contributed by atoms with Crippen molar-refractivity contribution in [3.63, 3.8) is 0 Å². The van der Waals surface area contributed by atoms with Gasteiger partial charge in [-0.1, -0.05) is 11.8 Å². The van der Waals surface area contributed by atoms with Crippen molar-refractivity contribution in [1.82, 2.24) is 4.67 Å². The Labute approximate surface area is 65.4 Å². The van der Waals surface area contributed by atoms with Crippen molar-refractivity contribution in [2.75, 3.05) is 26.5 Å². The van der Waals surface area contributed by atoms with E-state index in [1.807, 2.05) is 13.3 Å². The molecule has 0 N–H and O–H groups in total. The molecule has 0 atom stereocenters. The highest BCUT2D eigenvalue weighted by molar-refractivity contribution is 8.13. The largest absolute Gasteiger partial charge is 0.447 e. The molecule has 0 spiro atoms. The van der Waals surface area contributed by atoms with Gasteiger partial charge in [0.05, 0.1) is 6.54 Å². The molecule has 0 saturated carbocycles. The third kappa shape index (κ3) is 1.50. The van der Waals surface area contributed by atoms with E-state index in [0.29, 0.717) is 13.2 Å². The monoisotopic (exact) mass is 179 g/mol. The Balaban J connectivity index is 2.74. The van der Waals surface area contributed by atoms with Crippen LogP contribution in [0.2, 0.25) is 0 Å². The van der Waals surface area contributed by atoms with Gasteiger partial charge in [0, 0.05) is 6.19 Å². The van der Waals surface area contributed by atoms with Crippen LogP contribution in [0.3, 0.4) is 0 Å². The van der Waals surface area contributed by atoms with Crippen molar-refractivity contribution in [2.45, 2.75) is 0 Å². The molecule has 0 unspecified atom stereocenters. The van der Waals surface area contributed by atoms with Crippen LogP contribution in [0.4, 0.5) is 4.79 Å². The number of amides is 1. The summed E-state index contributed by atoms with van der Waals surface area (Å²) in [5.41, 5.74) is 0. The van der Waals surface area contributed by atoms with Crippen LogP contribution in [0.5, 0.6) is 0 Å². The van der Waals surface area contributed by atoms with Gasteiger partial charge in [-0.05, 0) is 13.3 Å². The molecule has 5 heteroatoms. The molecule has 0 aromatic carbocycles. The minimum atomic E-state index is -1.58. The number of nitrogens with zero attached hydrogens (tertiary/aromatic N) is 1. The zero-order valence-electron chi connectivity index (χ0n) is 6.03. The molecule has 1 aliphatic rings. The van der Waals surface area contributed by atoms with E-state index < -0.39 is 6.19 Å². The van der Waals surface area contributed by atoms with Gasteiger partial charge in [0.25, 0.3) is 0 Å². The summed E-state index contributed by atoms with van der Waals surface area (Å²) in [7, 11) is 0. The summed E-state index contributed by atoms with van der Waals surface area (Å²) >= 11 is 5.16. The maximum absolute atomic E-state index is 10.9. The highest BCUT2D eigenvalue weighted by Gasteiger charge is 2.27. The van der Waals surface area contributed by atoms with Crippen molar-refractivity contribution >= 4 is 24.1 Å². The summed E-state index contributed by atoms with van der Waals surface area (Å²) in [6.07, 6.45) is -1.82. The number of carbonyl (C=O) groups excluding carboxylic acids is 1. The molecule has 1 heterocycles. The number of rotatable bonds is 1. The molecule has 0 bridgehead atoms. The van der Waals surface area contributed by atoms with Crippen molar-refractivity contribution < 1.29 is 9.53 Å². The fourth-order valence-corrected chi connectivity index (χ4v) is 2.28. The lowest BCUT2D eigenvalue weighted by Crippen LogP contribution is -2.19. The Morgan fingerprint density at radius 3 is 2.50 bits per heavy atom. The van der Waals surface area contributed by atoms with Crippen LogP contribution in [0, 0.1) is 0 Å². The van der Waals surface area contributed by atoms with Crippen LogP contribution in [-0.4, -0.2) is 37.2 Å². The van der Waals surface area contributed by atoms with E-state index in [0.717, 1.165) is 0 Å². The maximum atomic E-state index is 10.9. The second-order valence-corrected chi connectivity index (χ2v) is 8.28. The first-order valence-electron chi connectivity index (χ1n) is 3.01. The molecule has 1 saturated heterocycles. The minimum Gasteiger partial charge on any atom is -0.447 e. The molecule has 0 aromatic rings. The zero-order chi connectivity index (χ0) is 7.78. The van der Waals surface area contributed by atoms with Gasteiger partial charge in [0.15, 0.2) is 0 Å². The summed E-state index contributed by atoms with van der Waals surface area (Å²) in [4.78, 5) is 10.9. The topological polar surface area (TPSA) is 29.5 Å². The van der Waals surface area contributed by atoms with Gasteiger partial charge in [-0.15, -0.1) is 0 Å². The molecule has 58 valence electrons. The lowest BCUT2D eigenvalue weighted by molar-refractivity contribution is 0.170. The lowest BCUT2D eigenvalue weighted by Gasteiger charge is -2.20. The Morgan fingerprint density at radius 1 is 1.70 bits per heavy atom. The molecule has 1 amide bonds. The molecular formula is C5H10NO2PS. The van der Waals surface area contributed by atoms with Gasteiger partial charge in [-0.2, -0.15) is 0 Å². The van der Waals surface area contributed by atoms with Crippen LogP contribution < -0.4 is 0 Å². The fourth-order valence-electron chi connectivity index (χ4n) is 0.823. The fraction of sp³-hybridized carbons (Fsp3) is 0.800. The van der Waals surface area contributed by atoms with Crippen LogP contribution in [0.15, 0.2) is 0 Å². The van der Waals surface area contributed by atoms with Crippen LogP contribution in [0.25, 0.3) is 0 Å². The zero-order valence-corrected chi connectivity index (χ0v) is 7.74. The Bertz CT molecular complexity index is 200. The van der Waals surface area contributed by atoms with Gasteiger partial charge in [0.1, 0.15) is 6.61 Å². The first-order chi connectivity index (χ1) is 4.52. The quantitative estimate of drug-likeness (QED) is 0.564. The summed E-state index contributed by atoms with van der Waals surface area (Å²) in [5.74, 6) is 0. The second kappa shape index (κ2) is 2.51. The van der Waals surface area contributed by atoms with Crippen molar-refractivity contribution in [3.8, 4) is 0 Å². The van der Waals surface area contributed by atoms with E-state index >= 15 is 0 Å². The van der Waals surface area contributed by atoms with Crippen LogP contribution >= 0.6 is 6.19 Å². The van der Waals surface area contributed by atoms with Gasteiger partial charge in [0.2, 0.25) is 0 Å². The van der Waals surface area contributed by atoms with Crippen molar-refractivity contribution in [3.05, 3.63) is 0 Å². The van der Waals surface area contributed by atoms with Crippen molar-refractivity contribution in [2.24, 2.45) is 0 Å². The third-order valence-corrected chi connectivity index (χ3v) is 3.44. The van der Waals surface area contributed by atoms with E-state index in [-0.39, 0.29) is 6.09 Å². The molecule has 0 aromatic heterocycles. The molecule has 1 aliphatic heterocycles. The highest BCUT2D eigenvalue weighted by atomic mass is 32.4. The highest BCUT2D eigenvalue weighted by Crippen LogP contribution is 2.43. The van der Waals surface area contributed by atoms with Crippen LogP contribution in [-0.2, 0) is 16.5 Å². The summed E-state index contributed by atoms with van der Waals surface area (Å²) in [5, 5.41) is 0. The summed E-state index contributed by atoms with van der Waals surface area (Å²) in [6, 6.07) is 0. The van der Waals surface area contributed by atoms with Gasteiger partial charge in [-0.3, -0.25) is 4.67 Å². The SMILES string of the molecule is CP(C)(=S)N1CCOC1=O. The average molecular weight is 179 g/mol. The van der Waals surface area contributed by atoms with Gasteiger partial charge >= 0.3 is 6.09 Å². The van der Waals surface area contributed by atoms with E-state index in [1.54, 1.807) is 4.67 Å². The predicted molar refractivity (Wildman–Crippen MR) is 44.2 cm³/mol. The first kappa shape index (κ1) is 8.02. The molecule has 10 heavy (non-hydrogen) atoms. The number of hydrogen-bond acceptors (Lipinski definition) is 3. The average Bonchev–Trinajstić information content (AvgIpc) is 2.11. The number of cyclic esters (lactones) is 1.